The largest absolute Gasteiger partial charge is 0.507 e. The number of Topliss-reactive ketones (excluding diaryl/α,β-unsaturated/α-hetero) is 1. The van der Waals surface area contributed by atoms with Crippen LogP contribution in [0.3, 0.4) is 0 Å². The third-order valence-corrected chi connectivity index (χ3v) is 5.84. The number of benzene rings is 2. The smallest absolute Gasteiger partial charge is 0.295 e. The zero-order valence-electron chi connectivity index (χ0n) is 18.8. The van der Waals surface area contributed by atoms with Crippen molar-refractivity contribution in [2.24, 2.45) is 0 Å². The summed E-state index contributed by atoms with van der Waals surface area (Å²) in [6.45, 7) is 10.5. The molecule has 5 heteroatoms. The summed E-state index contributed by atoms with van der Waals surface area (Å²) < 4.78 is 13.5. The van der Waals surface area contributed by atoms with Gasteiger partial charge in [0, 0.05) is 12.1 Å². The van der Waals surface area contributed by atoms with Crippen molar-refractivity contribution in [3.05, 3.63) is 76.1 Å². The van der Waals surface area contributed by atoms with Crippen molar-refractivity contribution >= 4 is 17.4 Å². The number of rotatable bonds is 5. The lowest BCUT2D eigenvalue weighted by atomic mass is 9.84. The van der Waals surface area contributed by atoms with Crippen LogP contribution in [0.15, 0.2) is 48.0 Å². The van der Waals surface area contributed by atoms with Crippen molar-refractivity contribution in [1.82, 2.24) is 4.90 Å². The molecule has 1 amide bonds. The Morgan fingerprint density at radius 1 is 1.10 bits per heavy atom. The van der Waals surface area contributed by atoms with Crippen LogP contribution in [0.4, 0.5) is 4.39 Å². The first-order chi connectivity index (χ1) is 14.6. The number of amides is 1. The Labute approximate surface area is 183 Å². The van der Waals surface area contributed by atoms with Crippen molar-refractivity contribution in [3.8, 4) is 0 Å². The number of hydrogen-bond donors (Lipinski definition) is 1. The Balaban J connectivity index is 2.22. The number of unbranched alkanes of at least 4 members (excludes halogenated alkanes) is 1. The molecule has 0 bridgehead atoms. The topological polar surface area (TPSA) is 57.6 Å². The van der Waals surface area contributed by atoms with E-state index in [1.54, 1.807) is 12.1 Å². The summed E-state index contributed by atoms with van der Waals surface area (Å²) in [6.07, 6.45) is 1.58. The molecule has 0 radical (unpaired) electrons. The zero-order chi connectivity index (χ0) is 22.9. The molecule has 1 saturated heterocycles. The maximum atomic E-state index is 13.5. The van der Waals surface area contributed by atoms with Crippen LogP contribution in [-0.2, 0) is 15.0 Å². The molecule has 164 valence electrons. The second-order valence-corrected chi connectivity index (χ2v) is 9.18. The van der Waals surface area contributed by atoms with Gasteiger partial charge in [0.05, 0.1) is 11.6 Å². The molecule has 1 N–H and O–H groups in total. The number of aliphatic hydroxyl groups is 1. The average Bonchev–Trinajstić information content (AvgIpc) is 2.96. The van der Waals surface area contributed by atoms with Crippen LogP contribution in [-0.4, -0.2) is 28.2 Å². The Kier molecular flexibility index (Phi) is 6.35. The van der Waals surface area contributed by atoms with E-state index in [4.69, 9.17) is 0 Å². The highest BCUT2D eigenvalue weighted by atomic mass is 19.1. The standard InChI is InChI=1S/C26H30FNO3/c1-6-7-14-28-22(17-9-12-19(27)13-10-17)21(24(30)25(28)31)23(29)20-15-18(26(3,4)5)11-8-16(20)2/h8-13,15,22,29H,6-7,14H2,1-5H3/b23-21+. The zero-order valence-corrected chi connectivity index (χ0v) is 18.8. The monoisotopic (exact) mass is 423 g/mol. The highest BCUT2D eigenvalue weighted by molar-refractivity contribution is 6.46. The summed E-state index contributed by atoms with van der Waals surface area (Å²) in [5.41, 5.74) is 2.87. The van der Waals surface area contributed by atoms with Crippen molar-refractivity contribution in [2.45, 2.75) is 58.9 Å². The SMILES string of the molecule is CCCCN1C(=O)C(=O)/C(=C(/O)c2cc(C(C)(C)C)ccc2C)C1c1ccc(F)cc1. The normalized spacial score (nSPS) is 18.6. The van der Waals surface area contributed by atoms with E-state index in [1.807, 2.05) is 32.0 Å². The van der Waals surface area contributed by atoms with E-state index in [0.717, 1.165) is 24.0 Å². The first-order valence-corrected chi connectivity index (χ1v) is 10.7. The molecule has 1 aliphatic heterocycles. The van der Waals surface area contributed by atoms with Crippen LogP contribution < -0.4 is 0 Å². The number of hydrogen-bond acceptors (Lipinski definition) is 3. The Morgan fingerprint density at radius 2 is 1.74 bits per heavy atom. The predicted octanol–water partition coefficient (Wildman–Crippen LogP) is 5.65. The lowest BCUT2D eigenvalue weighted by molar-refractivity contribution is -0.139. The third-order valence-electron chi connectivity index (χ3n) is 5.84. The molecule has 0 spiro atoms. The number of likely N-dealkylation sites (tertiary alicyclic amines) is 1. The van der Waals surface area contributed by atoms with Gasteiger partial charge in [0.2, 0.25) is 0 Å². The molecule has 31 heavy (non-hydrogen) atoms. The average molecular weight is 424 g/mol. The molecule has 4 nitrogen and oxygen atoms in total. The molecule has 1 fully saturated rings. The molecular weight excluding hydrogens is 393 g/mol. The highest BCUT2D eigenvalue weighted by Gasteiger charge is 2.45. The van der Waals surface area contributed by atoms with Gasteiger partial charge in [-0.3, -0.25) is 9.59 Å². The van der Waals surface area contributed by atoms with Gasteiger partial charge in [-0.05, 0) is 53.6 Å². The molecule has 1 atom stereocenters. The van der Waals surface area contributed by atoms with Gasteiger partial charge in [-0.1, -0.05) is 58.4 Å². The summed E-state index contributed by atoms with van der Waals surface area (Å²) in [4.78, 5) is 27.4. The number of carbonyl (C=O) groups excluding carboxylic acids is 2. The van der Waals surface area contributed by atoms with E-state index in [0.29, 0.717) is 17.7 Å². The van der Waals surface area contributed by atoms with Gasteiger partial charge in [0.25, 0.3) is 11.7 Å². The molecule has 0 aromatic heterocycles. The van der Waals surface area contributed by atoms with Crippen LogP contribution in [0.25, 0.3) is 5.76 Å². The molecule has 3 rings (SSSR count). The summed E-state index contributed by atoms with van der Waals surface area (Å²) in [5, 5.41) is 11.3. The summed E-state index contributed by atoms with van der Waals surface area (Å²) in [7, 11) is 0. The lowest BCUT2D eigenvalue weighted by Gasteiger charge is -2.25. The molecule has 2 aromatic rings. The van der Waals surface area contributed by atoms with Crippen LogP contribution in [0.5, 0.6) is 0 Å². The minimum atomic E-state index is -0.746. The summed E-state index contributed by atoms with van der Waals surface area (Å²) in [6, 6.07) is 10.8. The molecule has 1 heterocycles. The van der Waals surface area contributed by atoms with Crippen molar-refractivity contribution in [1.29, 1.82) is 0 Å². The number of aliphatic hydroxyl groups excluding tert-OH is 1. The number of ketones is 1. The number of halogens is 1. The summed E-state index contributed by atoms with van der Waals surface area (Å²) >= 11 is 0. The van der Waals surface area contributed by atoms with Gasteiger partial charge in [-0.15, -0.1) is 0 Å². The predicted molar refractivity (Wildman–Crippen MR) is 120 cm³/mol. The van der Waals surface area contributed by atoms with Gasteiger partial charge in [-0.25, -0.2) is 4.39 Å². The van der Waals surface area contributed by atoms with E-state index in [2.05, 4.69) is 20.8 Å². The first-order valence-electron chi connectivity index (χ1n) is 10.7. The van der Waals surface area contributed by atoms with E-state index < -0.39 is 23.5 Å². The molecule has 1 aliphatic rings. The van der Waals surface area contributed by atoms with Crippen LogP contribution in [0.2, 0.25) is 0 Å². The van der Waals surface area contributed by atoms with Crippen LogP contribution in [0, 0.1) is 12.7 Å². The third kappa shape index (κ3) is 4.41. The van der Waals surface area contributed by atoms with Crippen molar-refractivity contribution in [3.63, 3.8) is 0 Å². The molecule has 1 unspecified atom stereocenters. The fraction of sp³-hybridized carbons (Fsp3) is 0.385. The maximum absolute atomic E-state index is 13.5. The van der Waals surface area contributed by atoms with Crippen LogP contribution >= 0.6 is 0 Å². The van der Waals surface area contributed by atoms with Gasteiger partial charge in [0.15, 0.2) is 0 Å². The Hall–Kier alpha value is -2.95. The number of nitrogens with zero attached hydrogens (tertiary/aromatic N) is 1. The second-order valence-electron chi connectivity index (χ2n) is 9.18. The maximum Gasteiger partial charge on any atom is 0.295 e. The van der Waals surface area contributed by atoms with Gasteiger partial charge in [-0.2, -0.15) is 0 Å². The first kappa shape index (κ1) is 22.7. The van der Waals surface area contributed by atoms with Crippen molar-refractivity contribution in [2.75, 3.05) is 6.54 Å². The van der Waals surface area contributed by atoms with Gasteiger partial charge in [0.1, 0.15) is 11.6 Å². The van der Waals surface area contributed by atoms with Crippen LogP contribution in [0.1, 0.15) is 68.8 Å². The fourth-order valence-electron chi connectivity index (χ4n) is 3.92. The van der Waals surface area contributed by atoms with E-state index >= 15 is 0 Å². The fourth-order valence-corrected chi connectivity index (χ4v) is 3.92. The lowest BCUT2D eigenvalue weighted by Crippen LogP contribution is -2.30. The van der Waals surface area contributed by atoms with Gasteiger partial charge >= 0.3 is 0 Å². The number of carbonyl (C=O) groups is 2. The highest BCUT2D eigenvalue weighted by Crippen LogP contribution is 2.40. The minimum absolute atomic E-state index is 0.0573. The molecule has 0 aliphatic carbocycles. The summed E-state index contributed by atoms with van der Waals surface area (Å²) in [5.74, 6) is -1.92. The Bertz CT molecular complexity index is 1030. The van der Waals surface area contributed by atoms with Crippen molar-refractivity contribution < 1.29 is 19.1 Å². The van der Waals surface area contributed by atoms with Gasteiger partial charge < -0.3 is 10.0 Å². The Morgan fingerprint density at radius 3 is 2.32 bits per heavy atom. The minimum Gasteiger partial charge on any atom is -0.507 e. The van der Waals surface area contributed by atoms with E-state index in [9.17, 15) is 19.1 Å². The molecular formula is C26H30FNO3. The molecule has 0 saturated carbocycles. The quantitative estimate of drug-likeness (QED) is 0.384. The molecule has 2 aromatic carbocycles. The van der Waals surface area contributed by atoms with E-state index in [-0.39, 0.29) is 16.7 Å². The van der Waals surface area contributed by atoms with E-state index in [1.165, 1.54) is 17.0 Å². The second kappa shape index (κ2) is 8.66. The number of aryl methyl sites for hydroxylation is 1.